The molecule has 0 bridgehead atoms. The number of carbonyl (C=O) groups is 2. The van der Waals surface area contributed by atoms with Crippen molar-refractivity contribution in [1.82, 2.24) is 10.6 Å². The molecule has 0 aliphatic heterocycles. The van der Waals surface area contributed by atoms with Crippen LogP contribution in [0.1, 0.15) is 50.5 Å². The number of carbonyl (C=O) groups excluding carboxylic acids is 2. The number of nitrogens with one attached hydrogen (secondary N) is 2. The van der Waals surface area contributed by atoms with E-state index < -0.39 is 12.6 Å². The van der Waals surface area contributed by atoms with Crippen molar-refractivity contribution in [3.63, 3.8) is 0 Å². The summed E-state index contributed by atoms with van der Waals surface area (Å²) in [7, 11) is 0. The Morgan fingerprint density at radius 2 is 1.64 bits per heavy atom. The predicted octanol–water partition coefficient (Wildman–Crippen LogP) is 3.09. The first-order chi connectivity index (χ1) is 13.7. The molecule has 0 aromatic heterocycles. The van der Waals surface area contributed by atoms with Crippen molar-refractivity contribution in [3.05, 3.63) is 48.0 Å². The lowest BCUT2D eigenvalue weighted by atomic mass is 9.96. The highest BCUT2D eigenvalue weighted by Crippen LogP contribution is 2.19. The Kier molecular flexibility index (Phi) is 7.43. The topological polar surface area (TPSA) is 78.4 Å². The molecule has 5 heteroatoms. The van der Waals surface area contributed by atoms with Gasteiger partial charge in [-0.3, -0.25) is 9.59 Å². The lowest BCUT2D eigenvalue weighted by molar-refractivity contribution is -0.130. The van der Waals surface area contributed by atoms with Crippen LogP contribution in [0.25, 0.3) is 10.8 Å². The van der Waals surface area contributed by atoms with Gasteiger partial charge in [0, 0.05) is 6.04 Å². The molecule has 5 nitrogen and oxygen atoms in total. The highest BCUT2D eigenvalue weighted by Gasteiger charge is 2.23. The van der Waals surface area contributed by atoms with Gasteiger partial charge < -0.3 is 15.7 Å². The summed E-state index contributed by atoms with van der Waals surface area (Å²) < 4.78 is 0. The van der Waals surface area contributed by atoms with E-state index in [1.54, 1.807) is 0 Å². The van der Waals surface area contributed by atoms with Crippen LogP contribution in [0.15, 0.2) is 42.5 Å². The third kappa shape index (κ3) is 5.55. The summed E-state index contributed by atoms with van der Waals surface area (Å²) in [5.74, 6) is -0.553. The van der Waals surface area contributed by atoms with Crippen LogP contribution < -0.4 is 10.6 Å². The van der Waals surface area contributed by atoms with Crippen molar-refractivity contribution in [3.8, 4) is 0 Å². The molecule has 28 heavy (non-hydrogen) atoms. The molecule has 3 N–H and O–H groups in total. The summed E-state index contributed by atoms with van der Waals surface area (Å²) in [6, 6.07) is 13.0. The Labute approximate surface area is 166 Å². The van der Waals surface area contributed by atoms with Gasteiger partial charge in [0.25, 0.3) is 0 Å². The first-order valence-electron chi connectivity index (χ1n) is 10.3. The van der Waals surface area contributed by atoms with E-state index >= 15 is 0 Å². The highest BCUT2D eigenvalue weighted by molar-refractivity contribution is 5.92. The third-order valence-corrected chi connectivity index (χ3v) is 5.52. The Bertz CT molecular complexity index is 792. The zero-order valence-electron chi connectivity index (χ0n) is 16.3. The van der Waals surface area contributed by atoms with Gasteiger partial charge in [0.05, 0.1) is 13.0 Å². The standard InChI is InChI=1S/C23H30N2O3/c26-16-21(23(28)24-19-12-4-2-1-3-5-13-19)25-22(27)15-18-11-8-10-17-9-6-7-14-20(17)18/h6-11,14,19,21,26H,1-5,12-13,15-16H2,(H,24,28)(H,25,27). The van der Waals surface area contributed by atoms with Gasteiger partial charge in [0.2, 0.25) is 11.8 Å². The highest BCUT2D eigenvalue weighted by atomic mass is 16.3. The van der Waals surface area contributed by atoms with Crippen LogP contribution in [-0.2, 0) is 16.0 Å². The average Bonchev–Trinajstić information content (AvgIpc) is 2.68. The smallest absolute Gasteiger partial charge is 0.245 e. The van der Waals surface area contributed by atoms with Crippen LogP contribution in [-0.4, -0.2) is 35.6 Å². The molecule has 1 atom stereocenters. The second-order valence-corrected chi connectivity index (χ2v) is 7.67. The summed E-state index contributed by atoms with van der Waals surface area (Å²) >= 11 is 0. The van der Waals surface area contributed by atoms with E-state index in [0.717, 1.165) is 42.0 Å². The van der Waals surface area contributed by atoms with Gasteiger partial charge in [-0.2, -0.15) is 0 Å². The molecule has 2 aromatic rings. The fourth-order valence-corrected chi connectivity index (χ4v) is 3.96. The Morgan fingerprint density at radius 1 is 0.964 bits per heavy atom. The maximum atomic E-state index is 12.6. The van der Waals surface area contributed by atoms with E-state index in [1.807, 2.05) is 42.5 Å². The van der Waals surface area contributed by atoms with Crippen LogP contribution in [0.5, 0.6) is 0 Å². The molecule has 3 rings (SSSR count). The molecule has 1 unspecified atom stereocenters. The molecule has 0 saturated heterocycles. The largest absolute Gasteiger partial charge is 0.394 e. The molecule has 0 radical (unpaired) electrons. The number of rotatable bonds is 6. The van der Waals surface area contributed by atoms with Gasteiger partial charge in [-0.1, -0.05) is 74.6 Å². The Balaban J connectivity index is 1.58. The molecule has 1 saturated carbocycles. The first kappa shape index (κ1) is 20.3. The predicted molar refractivity (Wildman–Crippen MR) is 111 cm³/mol. The van der Waals surface area contributed by atoms with Gasteiger partial charge in [-0.15, -0.1) is 0 Å². The molecular weight excluding hydrogens is 352 g/mol. The molecule has 150 valence electrons. The number of aliphatic hydroxyl groups is 1. The summed E-state index contributed by atoms with van der Waals surface area (Å²) in [6.07, 6.45) is 8.01. The maximum absolute atomic E-state index is 12.6. The molecule has 1 fully saturated rings. The SMILES string of the molecule is O=C(Cc1cccc2ccccc12)NC(CO)C(=O)NC1CCCCCCC1. The van der Waals surface area contributed by atoms with Crippen LogP contribution >= 0.6 is 0 Å². The molecule has 1 aliphatic rings. The summed E-state index contributed by atoms with van der Waals surface area (Å²) in [4.78, 5) is 25.1. The molecule has 0 heterocycles. The first-order valence-corrected chi connectivity index (χ1v) is 10.3. The lowest BCUT2D eigenvalue weighted by Gasteiger charge is -2.24. The van der Waals surface area contributed by atoms with E-state index in [-0.39, 0.29) is 24.3 Å². The third-order valence-electron chi connectivity index (χ3n) is 5.52. The van der Waals surface area contributed by atoms with Gasteiger partial charge in [-0.25, -0.2) is 0 Å². The van der Waals surface area contributed by atoms with Gasteiger partial charge in [0.15, 0.2) is 0 Å². The number of benzene rings is 2. The van der Waals surface area contributed by atoms with Crippen LogP contribution in [0.2, 0.25) is 0 Å². The van der Waals surface area contributed by atoms with Crippen LogP contribution in [0.3, 0.4) is 0 Å². The minimum absolute atomic E-state index is 0.136. The van der Waals surface area contributed by atoms with Crippen LogP contribution in [0, 0.1) is 0 Å². The van der Waals surface area contributed by atoms with Crippen molar-refractivity contribution < 1.29 is 14.7 Å². The van der Waals surface area contributed by atoms with Crippen molar-refractivity contribution in [2.45, 2.75) is 63.5 Å². The normalized spacial score (nSPS) is 16.8. The van der Waals surface area contributed by atoms with E-state index in [4.69, 9.17) is 0 Å². The maximum Gasteiger partial charge on any atom is 0.245 e. The number of aliphatic hydroxyl groups excluding tert-OH is 1. The van der Waals surface area contributed by atoms with E-state index in [0.29, 0.717) is 0 Å². The number of hydrogen-bond acceptors (Lipinski definition) is 3. The van der Waals surface area contributed by atoms with Crippen molar-refractivity contribution in [2.24, 2.45) is 0 Å². The molecule has 2 aromatic carbocycles. The number of hydrogen-bond donors (Lipinski definition) is 3. The second kappa shape index (κ2) is 10.2. The molecule has 2 amide bonds. The lowest BCUT2D eigenvalue weighted by Crippen LogP contribution is -2.51. The quantitative estimate of drug-likeness (QED) is 0.718. The monoisotopic (exact) mass is 382 g/mol. The van der Waals surface area contributed by atoms with Gasteiger partial charge in [-0.05, 0) is 29.2 Å². The Hall–Kier alpha value is -2.40. The fraction of sp³-hybridized carbons (Fsp3) is 0.478. The zero-order valence-corrected chi connectivity index (χ0v) is 16.3. The van der Waals surface area contributed by atoms with Crippen molar-refractivity contribution in [1.29, 1.82) is 0 Å². The number of fused-ring (bicyclic) bond motifs is 1. The Morgan fingerprint density at radius 3 is 2.39 bits per heavy atom. The molecular formula is C23H30N2O3. The fourth-order valence-electron chi connectivity index (χ4n) is 3.96. The van der Waals surface area contributed by atoms with Gasteiger partial charge in [0.1, 0.15) is 6.04 Å². The van der Waals surface area contributed by atoms with Gasteiger partial charge >= 0.3 is 0 Å². The average molecular weight is 383 g/mol. The zero-order chi connectivity index (χ0) is 19.8. The molecule has 0 spiro atoms. The van der Waals surface area contributed by atoms with E-state index in [9.17, 15) is 14.7 Å². The van der Waals surface area contributed by atoms with E-state index in [1.165, 1.54) is 19.3 Å². The summed E-state index contributed by atoms with van der Waals surface area (Å²) in [5, 5.41) is 17.5. The number of amides is 2. The molecule has 1 aliphatic carbocycles. The van der Waals surface area contributed by atoms with E-state index in [2.05, 4.69) is 10.6 Å². The second-order valence-electron chi connectivity index (χ2n) is 7.67. The van der Waals surface area contributed by atoms with Crippen LogP contribution in [0.4, 0.5) is 0 Å². The van der Waals surface area contributed by atoms with Crippen molar-refractivity contribution in [2.75, 3.05) is 6.61 Å². The minimum Gasteiger partial charge on any atom is -0.394 e. The summed E-state index contributed by atoms with van der Waals surface area (Å²) in [6.45, 7) is -0.403. The minimum atomic E-state index is -0.909. The summed E-state index contributed by atoms with van der Waals surface area (Å²) in [5.41, 5.74) is 0.910. The van der Waals surface area contributed by atoms with Crippen molar-refractivity contribution >= 4 is 22.6 Å².